The Morgan fingerprint density at radius 3 is 2.61 bits per heavy atom. The molecule has 0 radical (unpaired) electrons. The molecule has 0 aliphatic heterocycles. The van der Waals surface area contributed by atoms with E-state index in [2.05, 4.69) is 15.1 Å². The lowest BCUT2D eigenvalue weighted by Crippen LogP contribution is -2.42. The van der Waals surface area contributed by atoms with Crippen LogP contribution in [0.2, 0.25) is 0 Å². The minimum atomic E-state index is -0.738. The second-order valence-electron chi connectivity index (χ2n) is 8.59. The minimum absolute atomic E-state index is 0.0872. The Kier molecular flexibility index (Phi) is 7.02. The molecule has 3 N–H and O–H groups in total. The van der Waals surface area contributed by atoms with Gasteiger partial charge in [0.15, 0.2) is 11.3 Å². The Morgan fingerprint density at radius 1 is 1.19 bits per heavy atom. The molecule has 3 heterocycles. The van der Waals surface area contributed by atoms with Gasteiger partial charge in [0.25, 0.3) is 11.5 Å². The summed E-state index contributed by atoms with van der Waals surface area (Å²) in [7, 11) is 3.32. The number of hydrogen-bond donors (Lipinski definition) is 2. The number of nitrogens with two attached hydrogens (primary N) is 1. The van der Waals surface area contributed by atoms with Gasteiger partial charge < -0.3 is 15.4 Å². The Bertz CT molecular complexity index is 1540. The average Bonchev–Trinajstić information content (AvgIpc) is 3.13. The van der Waals surface area contributed by atoms with Gasteiger partial charge in [-0.15, -0.1) is 0 Å². The summed E-state index contributed by atoms with van der Waals surface area (Å²) in [6.45, 7) is 4.23. The van der Waals surface area contributed by atoms with Crippen LogP contribution in [0.3, 0.4) is 0 Å². The maximum Gasteiger partial charge on any atom is 0.330 e. The summed E-state index contributed by atoms with van der Waals surface area (Å²) in [4.78, 5) is 48.0. The van der Waals surface area contributed by atoms with Crippen LogP contribution in [0.5, 0.6) is 0 Å². The number of aryl methyl sites for hydroxylation is 3. The highest BCUT2D eigenvalue weighted by atomic mass is 16.5. The monoisotopic (exact) mass is 491 g/mol. The van der Waals surface area contributed by atoms with Crippen LogP contribution in [0.1, 0.15) is 33.7 Å². The SMILES string of the molecule is COCCCN(C(=O)c1cc(C)nc2c1c(C)nn2C)c1c(N)n(Cc2ccccc2)c(=O)[nH]c1=O. The van der Waals surface area contributed by atoms with Crippen molar-refractivity contribution in [3.63, 3.8) is 0 Å². The largest absolute Gasteiger partial charge is 0.385 e. The first-order chi connectivity index (χ1) is 17.2. The van der Waals surface area contributed by atoms with E-state index in [1.54, 1.807) is 38.8 Å². The van der Waals surface area contributed by atoms with E-state index in [-0.39, 0.29) is 24.6 Å². The lowest BCUT2D eigenvalue weighted by molar-refractivity contribution is 0.0984. The van der Waals surface area contributed by atoms with Gasteiger partial charge in [-0.25, -0.2) is 9.78 Å². The third-order valence-electron chi connectivity index (χ3n) is 5.97. The number of hydrogen-bond acceptors (Lipinski definition) is 7. The predicted molar refractivity (Wildman–Crippen MR) is 137 cm³/mol. The Balaban J connectivity index is 1.89. The number of ether oxygens (including phenoxy) is 1. The fourth-order valence-electron chi connectivity index (χ4n) is 4.33. The third kappa shape index (κ3) is 4.65. The van der Waals surface area contributed by atoms with Gasteiger partial charge in [0.1, 0.15) is 5.82 Å². The van der Waals surface area contributed by atoms with Crippen molar-refractivity contribution < 1.29 is 9.53 Å². The van der Waals surface area contributed by atoms with E-state index >= 15 is 0 Å². The summed E-state index contributed by atoms with van der Waals surface area (Å²) in [6, 6.07) is 10.9. The van der Waals surface area contributed by atoms with E-state index < -0.39 is 17.2 Å². The van der Waals surface area contributed by atoms with Crippen LogP contribution in [-0.2, 0) is 18.3 Å². The van der Waals surface area contributed by atoms with E-state index in [0.717, 1.165) is 5.56 Å². The number of fused-ring (bicyclic) bond motifs is 1. The van der Waals surface area contributed by atoms with Crippen LogP contribution in [0.15, 0.2) is 46.0 Å². The molecular formula is C25H29N7O4. The van der Waals surface area contributed by atoms with Gasteiger partial charge in [0, 0.05) is 33.0 Å². The maximum absolute atomic E-state index is 14.1. The highest BCUT2D eigenvalue weighted by Crippen LogP contribution is 2.26. The average molecular weight is 492 g/mol. The molecule has 0 aliphatic rings. The van der Waals surface area contributed by atoms with Gasteiger partial charge in [0.05, 0.1) is 23.2 Å². The summed E-state index contributed by atoms with van der Waals surface area (Å²) < 4.78 is 8.05. The van der Waals surface area contributed by atoms with Crippen LogP contribution < -0.4 is 21.9 Å². The number of anilines is 2. The lowest BCUT2D eigenvalue weighted by atomic mass is 10.1. The first-order valence-electron chi connectivity index (χ1n) is 11.5. The molecule has 4 aromatic rings. The van der Waals surface area contributed by atoms with E-state index in [1.165, 1.54) is 9.47 Å². The first kappa shape index (κ1) is 24.9. The molecule has 0 fully saturated rings. The van der Waals surface area contributed by atoms with Crippen molar-refractivity contribution in [1.29, 1.82) is 0 Å². The summed E-state index contributed by atoms with van der Waals surface area (Å²) >= 11 is 0. The van der Waals surface area contributed by atoms with Crippen molar-refractivity contribution in [2.75, 3.05) is 30.9 Å². The number of nitrogen functional groups attached to an aromatic ring is 1. The number of rotatable bonds is 8. The number of aromatic nitrogens is 5. The van der Waals surface area contributed by atoms with Crippen LogP contribution in [0, 0.1) is 13.8 Å². The maximum atomic E-state index is 14.1. The van der Waals surface area contributed by atoms with E-state index in [0.29, 0.717) is 41.0 Å². The Hall–Kier alpha value is -4.25. The van der Waals surface area contributed by atoms with Gasteiger partial charge in [0.2, 0.25) is 0 Å². The van der Waals surface area contributed by atoms with Gasteiger partial charge in [-0.2, -0.15) is 5.10 Å². The zero-order chi connectivity index (χ0) is 26.0. The molecule has 0 unspecified atom stereocenters. The molecule has 188 valence electrons. The molecular weight excluding hydrogens is 462 g/mol. The number of amides is 1. The number of aromatic amines is 1. The van der Waals surface area contributed by atoms with Crippen LogP contribution in [0.25, 0.3) is 11.0 Å². The number of nitrogens with zero attached hydrogens (tertiary/aromatic N) is 5. The summed E-state index contributed by atoms with van der Waals surface area (Å²) in [5.41, 5.74) is 7.93. The summed E-state index contributed by atoms with van der Waals surface area (Å²) in [5, 5.41) is 5.01. The zero-order valence-corrected chi connectivity index (χ0v) is 20.7. The van der Waals surface area contributed by atoms with Crippen LogP contribution in [-0.4, -0.2) is 50.5 Å². The van der Waals surface area contributed by atoms with Gasteiger partial charge in [-0.3, -0.25) is 23.8 Å². The highest BCUT2D eigenvalue weighted by molar-refractivity contribution is 6.14. The normalized spacial score (nSPS) is 11.2. The number of benzene rings is 1. The van der Waals surface area contributed by atoms with E-state index in [9.17, 15) is 14.4 Å². The second kappa shape index (κ2) is 10.2. The molecule has 11 nitrogen and oxygen atoms in total. The number of methoxy groups -OCH3 is 1. The van der Waals surface area contributed by atoms with E-state index in [4.69, 9.17) is 10.5 Å². The molecule has 0 saturated heterocycles. The first-order valence-corrected chi connectivity index (χ1v) is 11.5. The van der Waals surface area contributed by atoms with Crippen molar-refractivity contribution in [3.05, 3.63) is 79.8 Å². The summed E-state index contributed by atoms with van der Waals surface area (Å²) in [6.07, 6.45) is 0.443. The van der Waals surface area contributed by atoms with Crippen LogP contribution in [0.4, 0.5) is 11.5 Å². The van der Waals surface area contributed by atoms with Crippen molar-refractivity contribution in [1.82, 2.24) is 24.3 Å². The van der Waals surface area contributed by atoms with Crippen molar-refractivity contribution in [2.24, 2.45) is 7.05 Å². The standard InChI is InChI=1S/C25H29N7O4/c1-15-13-18(19-16(2)29-30(3)22(19)27-15)24(34)31(11-8-12-36-4)20-21(26)32(25(35)28-23(20)33)14-17-9-6-5-7-10-17/h5-7,9-10,13H,8,11-12,14,26H2,1-4H3,(H,28,33,35). The van der Waals surface area contributed by atoms with Gasteiger partial charge in [-0.1, -0.05) is 30.3 Å². The fraction of sp³-hybridized carbons (Fsp3) is 0.320. The molecule has 1 aromatic carbocycles. The molecule has 11 heteroatoms. The topological polar surface area (TPSA) is 141 Å². The lowest BCUT2D eigenvalue weighted by Gasteiger charge is -2.25. The second-order valence-corrected chi connectivity index (χ2v) is 8.59. The Morgan fingerprint density at radius 2 is 1.92 bits per heavy atom. The fourth-order valence-corrected chi connectivity index (χ4v) is 4.33. The zero-order valence-electron chi connectivity index (χ0n) is 20.7. The molecule has 3 aromatic heterocycles. The molecule has 0 bridgehead atoms. The number of carbonyl (C=O) groups excluding carboxylic acids is 1. The number of pyridine rings is 1. The smallest absolute Gasteiger partial charge is 0.330 e. The molecule has 0 aliphatic carbocycles. The minimum Gasteiger partial charge on any atom is -0.385 e. The van der Waals surface area contributed by atoms with Crippen LogP contribution >= 0.6 is 0 Å². The number of nitrogens with one attached hydrogen (secondary N) is 1. The Labute approximate surface area is 207 Å². The van der Waals surface area contributed by atoms with Gasteiger partial charge in [-0.05, 0) is 31.9 Å². The molecule has 0 atom stereocenters. The predicted octanol–water partition coefficient (Wildman–Crippen LogP) is 1.75. The van der Waals surface area contributed by atoms with Crippen molar-refractivity contribution in [2.45, 2.75) is 26.8 Å². The molecule has 0 saturated carbocycles. The molecule has 4 rings (SSSR count). The summed E-state index contributed by atoms with van der Waals surface area (Å²) in [5.74, 6) is -0.539. The number of H-pyrrole nitrogens is 1. The quantitative estimate of drug-likeness (QED) is 0.358. The third-order valence-corrected chi connectivity index (χ3v) is 5.97. The van der Waals surface area contributed by atoms with Crippen molar-refractivity contribution in [3.8, 4) is 0 Å². The highest BCUT2D eigenvalue weighted by Gasteiger charge is 2.28. The molecule has 1 amide bonds. The van der Waals surface area contributed by atoms with E-state index in [1.807, 2.05) is 30.3 Å². The number of carbonyl (C=O) groups is 1. The molecule has 0 spiro atoms. The molecule has 36 heavy (non-hydrogen) atoms. The van der Waals surface area contributed by atoms with Crippen molar-refractivity contribution >= 4 is 28.4 Å². The van der Waals surface area contributed by atoms with Gasteiger partial charge >= 0.3 is 5.69 Å².